The highest BCUT2D eigenvalue weighted by atomic mass is 32.1. The van der Waals surface area contributed by atoms with E-state index in [1.54, 1.807) is 17.4 Å². The minimum Gasteiger partial charge on any atom is -0.508 e. The Bertz CT molecular complexity index is 1190. The Morgan fingerprint density at radius 1 is 1.14 bits per heavy atom. The van der Waals surface area contributed by atoms with Gasteiger partial charge in [0.15, 0.2) is 0 Å². The second-order valence-corrected chi connectivity index (χ2v) is 7.83. The number of carbonyl (C=O) groups is 1. The van der Waals surface area contributed by atoms with Crippen molar-refractivity contribution in [1.29, 1.82) is 0 Å². The van der Waals surface area contributed by atoms with Gasteiger partial charge in [-0.15, -0.1) is 11.3 Å². The standard InChI is InChI=1S/C22H19NO5S/c24-15-9-10-16-14(11-22(26)28-18(16)12-15)13-27-21(25)8-4-3-7-20-23-17-5-1-2-6-19(17)29-20/h1-2,5-6,9-12,24H,3-4,7-8,13H2. The molecule has 0 radical (unpaired) electrons. The molecule has 0 saturated heterocycles. The molecule has 1 N–H and O–H groups in total. The molecule has 0 spiro atoms. The highest BCUT2D eigenvalue weighted by Gasteiger charge is 2.10. The normalized spacial score (nSPS) is 11.2. The van der Waals surface area contributed by atoms with Crippen LogP contribution in [-0.4, -0.2) is 16.1 Å². The van der Waals surface area contributed by atoms with Crippen LogP contribution in [0.25, 0.3) is 21.2 Å². The fraction of sp³-hybridized carbons (Fsp3) is 0.227. The van der Waals surface area contributed by atoms with Gasteiger partial charge in [0.25, 0.3) is 0 Å². The molecule has 4 rings (SSSR count). The predicted octanol–water partition coefficient (Wildman–Crippen LogP) is 4.56. The molecule has 0 saturated carbocycles. The minimum absolute atomic E-state index is 0.00270. The van der Waals surface area contributed by atoms with E-state index in [-0.39, 0.29) is 23.9 Å². The zero-order valence-corrected chi connectivity index (χ0v) is 16.4. The summed E-state index contributed by atoms with van der Waals surface area (Å²) in [6.07, 6.45) is 2.71. The number of nitrogens with zero attached hydrogens (tertiary/aromatic N) is 1. The van der Waals surface area contributed by atoms with Crippen LogP contribution < -0.4 is 5.63 Å². The zero-order chi connectivity index (χ0) is 20.2. The van der Waals surface area contributed by atoms with Crippen LogP contribution in [0.15, 0.2) is 57.7 Å². The quantitative estimate of drug-likeness (QED) is 0.273. The molecule has 0 aliphatic carbocycles. The van der Waals surface area contributed by atoms with E-state index in [0.29, 0.717) is 23.8 Å². The molecular weight excluding hydrogens is 390 g/mol. The van der Waals surface area contributed by atoms with E-state index in [0.717, 1.165) is 23.4 Å². The summed E-state index contributed by atoms with van der Waals surface area (Å²) < 4.78 is 11.6. The first-order chi connectivity index (χ1) is 14.1. The average molecular weight is 409 g/mol. The molecule has 0 amide bonds. The lowest BCUT2D eigenvalue weighted by molar-refractivity contribution is -0.145. The van der Waals surface area contributed by atoms with Crippen molar-refractivity contribution >= 4 is 38.5 Å². The molecule has 0 bridgehead atoms. The molecule has 2 aromatic heterocycles. The Balaban J connectivity index is 1.28. The van der Waals surface area contributed by atoms with Gasteiger partial charge in [0.05, 0.1) is 15.2 Å². The number of hydrogen-bond acceptors (Lipinski definition) is 7. The van der Waals surface area contributed by atoms with E-state index < -0.39 is 5.63 Å². The SMILES string of the molecule is O=C(CCCCc1nc2ccccc2s1)OCc1cc(=O)oc2cc(O)ccc12. The van der Waals surface area contributed by atoms with E-state index in [4.69, 9.17) is 9.15 Å². The number of benzene rings is 2. The molecule has 29 heavy (non-hydrogen) atoms. The van der Waals surface area contributed by atoms with Crippen molar-refractivity contribution in [3.63, 3.8) is 0 Å². The minimum atomic E-state index is -0.551. The summed E-state index contributed by atoms with van der Waals surface area (Å²) >= 11 is 1.68. The molecule has 2 aromatic carbocycles. The number of phenolic OH excluding ortho intramolecular Hbond substituents is 1. The first-order valence-corrected chi connectivity index (χ1v) is 10.2. The fourth-order valence-corrected chi connectivity index (χ4v) is 4.15. The van der Waals surface area contributed by atoms with Gasteiger partial charge >= 0.3 is 11.6 Å². The number of rotatable bonds is 7. The smallest absolute Gasteiger partial charge is 0.336 e. The van der Waals surface area contributed by atoms with Crippen LogP contribution in [0.5, 0.6) is 5.75 Å². The van der Waals surface area contributed by atoms with Crippen LogP contribution in [0.2, 0.25) is 0 Å². The molecule has 0 atom stereocenters. The number of aryl methyl sites for hydroxylation is 1. The molecule has 4 aromatic rings. The summed E-state index contributed by atoms with van der Waals surface area (Å²) in [6, 6.07) is 13.8. The third-order valence-corrected chi connectivity index (χ3v) is 5.66. The van der Waals surface area contributed by atoms with Crippen LogP contribution in [0.1, 0.15) is 29.8 Å². The number of aromatic hydroxyl groups is 1. The summed E-state index contributed by atoms with van der Waals surface area (Å²) in [5.74, 6) is -0.308. The van der Waals surface area contributed by atoms with Crippen molar-refractivity contribution < 1.29 is 19.1 Å². The molecule has 6 nitrogen and oxygen atoms in total. The summed E-state index contributed by atoms with van der Waals surface area (Å²) in [7, 11) is 0. The van der Waals surface area contributed by atoms with Crippen molar-refractivity contribution in [2.24, 2.45) is 0 Å². The van der Waals surface area contributed by atoms with Gasteiger partial charge in [-0.25, -0.2) is 9.78 Å². The number of unbranched alkanes of at least 4 members (excludes halogenated alkanes) is 1. The van der Waals surface area contributed by atoms with E-state index >= 15 is 0 Å². The van der Waals surface area contributed by atoms with Gasteiger partial charge in [0.1, 0.15) is 17.9 Å². The molecular formula is C22H19NO5S. The highest BCUT2D eigenvalue weighted by Crippen LogP contribution is 2.24. The number of hydrogen-bond donors (Lipinski definition) is 1. The summed E-state index contributed by atoms with van der Waals surface area (Å²) in [5.41, 5.74) is 1.28. The van der Waals surface area contributed by atoms with Gasteiger partial charge in [0.2, 0.25) is 0 Å². The third kappa shape index (κ3) is 4.63. The number of thiazole rings is 1. The molecule has 0 aliphatic rings. The summed E-state index contributed by atoms with van der Waals surface area (Å²) in [4.78, 5) is 28.3. The lowest BCUT2D eigenvalue weighted by Crippen LogP contribution is -2.07. The number of esters is 1. The Morgan fingerprint density at radius 3 is 2.86 bits per heavy atom. The maximum atomic E-state index is 12.1. The second kappa shape index (κ2) is 8.45. The van der Waals surface area contributed by atoms with Crippen LogP contribution >= 0.6 is 11.3 Å². The third-order valence-electron chi connectivity index (χ3n) is 4.56. The number of ether oxygens (including phenoxy) is 1. The summed E-state index contributed by atoms with van der Waals surface area (Å²) in [5, 5.41) is 11.2. The molecule has 0 aliphatic heterocycles. The van der Waals surface area contributed by atoms with Gasteiger partial charge in [-0.2, -0.15) is 0 Å². The van der Waals surface area contributed by atoms with E-state index in [1.165, 1.54) is 22.9 Å². The Labute approximate surface area is 170 Å². The van der Waals surface area contributed by atoms with Crippen LogP contribution in [-0.2, 0) is 22.6 Å². The summed E-state index contributed by atoms with van der Waals surface area (Å²) in [6.45, 7) is -0.0103. The van der Waals surface area contributed by atoms with Crippen LogP contribution in [0.4, 0.5) is 0 Å². The van der Waals surface area contributed by atoms with E-state index in [1.807, 2.05) is 18.2 Å². The second-order valence-electron chi connectivity index (χ2n) is 6.71. The maximum Gasteiger partial charge on any atom is 0.336 e. The van der Waals surface area contributed by atoms with E-state index in [9.17, 15) is 14.7 Å². The predicted molar refractivity (Wildman–Crippen MR) is 111 cm³/mol. The largest absolute Gasteiger partial charge is 0.508 e. The highest BCUT2D eigenvalue weighted by molar-refractivity contribution is 7.18. The lowest BCUT2D eigenvalue weighted by atomic mass is 10.1. The number of fused-ring (bicyclic) bond motifs is 2. The van der Waals surface area contributed by atoms with Gasteiger partial charge in [-0.3, -0.25) is 4.79 Å². The lowest BCUT2D eigenvalue weighted by Gasteiger charge is -2.07. The number of para-hydroxylation sites is 1. The van der Waals surface area contributed by atoms with Crippen LogP contribution in [0, 0.1) is 0 Å². The van der Waals surface area contributed by atoms with Gasteiger partial charge in [0, 0.05) is 29.5 Å². The van der Waals surface area contributed by atoms with Crippen molar-refractivity contribution in [2.45, 2.75) is 32.3 Å². The van der Waals surface area contributed by atoms with Crippen molar-refractivity contribution in [1.82, 2.24) is 4.98 Å². The average Bonchev–Trinajstić information content (AvgIpc) is 3.12. The van der Waals surface area contributed by atoms with Gasteiger partial charge < -0.3 is 14.3 Å². The van der Waals surface area contributed by atoms with E-state index in [2.05, 4.69) is 11.1 Å². The molecule has 0 fully saturated rings. The first kappa shape index (κ1) is 19.1. The van der Waals surface area contributed by atoms with Gasteiger partial charge in [-0.05, 0) is 43.5 Å². The molecule has 148 valence electrons. The Kier molecular flexibility index (Phi) is 5.57. The Morgan fingerprint density at radius 2 is 2.00 bits per heavy atom. The first-order valence-electron chi connectivity index (χ1n) is 9.34. The Hall–Kier alpha value is -3.19. The van der Waals surface area contributed by atoms with Crippen molar-refractivity contribution in [3.8, 4) is 5.75 Å². The maximum absolute atomic E-state index is 12.1. The number of phenols is 1. The molecule has 0 unspecified atom stereocenters. The number of carbonyl (C=O) groups excluding carboxylic acids is 1. The van der Waals surface area contributed by atoms with Gasteiger partial charge in [-0.1, -0.05) is 12.1 Å². The van der Waals surface area contributed by atoms with Crippen LogP contribution in [0.3, 0.4) is 0 Å². The number of aromatic nitrogens is 1. The topological polar surface area (TPSA) is 89.6 Å². The molecule has 2 heterocycles. The zero-order valence-electron chi connectivity index (χ0n) is 15.6. The monoisotopic (exact) mass is 409 g/mol. The molecule has 7 heteroatoms. The van der Waals surface area contributed by atoms with Crippen molar-refractivity contribution in [2.75, 3.05) is 0 Å². The fourth-order valence-electron chi connectivity index (χ4n) is 3.14. The van der Waals surface area contributed by atoms with Crippen molar-refractivity contribution in [3.05, 3.63) is 69.5 Å².